The van der Waals surface area contributed by atoms with Crippen molar-refractivity contribution in [2.24, 2.45) is 7.05 Å². The Balaban J connectivity index is 1.60. The number of nitrogens with zero attached hydrogens (tertiary/aromatic N) is 2. The van der Waals surface area contributed by atoms with Crippen molar-refractivity contribution in [1.29, 1.82) is 0 Å². The number of methoxy groups -OCH3 is 1. The smallest absolute Gasteiger partial charge is 0.255 e. The highest BCUT2D eigenvalue weighted by Gasteiger charge is 2.14. The average Bonchev–Trinajstić information content (AvgIpc) is 3.04. The van der Waals surface area contributed by atoms with Crippen molar-refractivity contribution in [2.45, 2.75) is 0 Å². The number of amides is 1. The van der Waals surface area contributed by atoms with Crippen LogP contribution in [0.1, 0.15) is 10.4 Å². The van der Waals surface area contributed by atoms with Gasteiger partial charge in [0.2, 0.25) is 5.88 Å². The summed E-state index contributed by atoms with van der Waals surface area (Å²) in [5.74, 6) is 1.69. The van der Waals surface area contributed by atoms with Crippen LogP contribution in [0.25, 0.3) is 10.9 Å². The summed E-state index contributed by atoms with van der Waals surface area (Å²) in [6, 6.07) is 22.1. The van der Waals surface area contributed by atoms with Gasteiger partial charge in [-0.1, -0.05) is 30.3 Å². The monoisotopic (exact) mass is 373 g/mol. The fraction of sp³-hybridized carbons (Fsp3) is 0.0909. The molecule has 6 heteroatoms. The summed E-state index contributed by atoms with van der Waals surface area (Å²) in [5, 5.41) is 8.17. The molecular weight excluding hydrogens is 354 g/mol. The van der Waals surface area contributed by atoms with Crippen molar-refractivity contribution in [3.8, 4) is 17.4 Å². The highest BCUT2D eigenvalue weighted by Crippen LogP contribution is 2.30. The molecule has 1 aromatic heterocycles. The number of aryl methyl sites for hydroxylation is 1. The Hall–Kier alpha value is -3.80. The van der Waals surface area contributed by atoms with Gasteiger partial charge in [-0.05, 0) is 42.5 Å². The number of benzene rings is 3. The van der Waals surface area contributed by atoms with Crippen molar-refractivity contribution < 1.29 is 14.3 Å². The molecule has 0 spiro atoms. The lowest BCUT2D eigenvalue weighted by atomic mass is 10.1. The number of hydrogen-bond acceptors (Lipinski definition) is 4. The molecule has 0 fully saturated rings. The Labute approximate surface area is 162 Å². The third kappa shape index (κ3) is 3.40. The van der Waals surface area contributed by atoms with E-state index in [1.165, 1.54) is 0 Å². The number of carbonyl (C=O) groups excluding carboxylic acids is 1. The molecule has 0 unspecified atom stereocenters. The van der Waals surface area contributed by atoms with E-state index in [-0.39, 0.29) is 5.91 Å². The summed E-state index contributed by atoms with van der Waals surface area (Å²) in [4.78, 5) is 12.8. The minimum Gasteiger partial charge on any atom is -0.481 e. The number of anilines is 1. The predicted octanol–water partition coefficient (Wildman–Crippen LogP) is 4.63. The number of rotatable bonds is 5. The molecule has 0 radical (unpaired) electrons. The number of hydrogen-bond donors (Lipinski definition) is 1. The van der Waals surface area contributed by atoms with Crippen LogP contribution >= 0.6 is 0 Å². The minimum absolute atomic E-state index is 0.240. The topological polar surface area (TPSA) is 65.4 Å². The van der Waals surface area contributed by atoms with E-state index in [2.05, 4.69) is 10.4 Å². The molecule has 4 rings (SSSR count). The minimum atomic E-state index is -0.240. The van der Waals surface area contributed by atoms with Crippen LogP contribution in [0.4, 0.5) is 5.69 Å². The molecule has 1 heterocycles. The maximum atomic E-state index is 12.8. The quantitative estimate of drug-likeness (QED) is 0.554. The van der Waals surface area contributed by atoms with Gasteiger partial charge in [0.25, 0.3) is 5.91 Å². The van der Waals surface area contributed by atoms with E-state index in [1.54, 1.807) is 37.0 Å². The van der Waals surface area contributed by atoms with Gasteiger partial charge >= 0.3 is 0 Å². The third-order valence-electron chi connectivity index (χ3n) is 4.34. The van der Waals surface area contributed by atoms with Crippen LogP contribution in [0.15, 0.2) is 72.8 Å². The highest BCUT2D eigenvalue weighted by atomic mass is 16.5. The largest absolute Gasteiger partial charge is 0.481 e. The Bertz CT molecular complexity index is 1140. The lowest BCUT2D eigenvalue weighted by Gasteiger charge is -2.12. The van der Waals surface area contributed by atoms with Gasteiger partial charge in [-0.15, -0.1) is 0 Å². The standard InChI is InChI=1S/C22H19N3O3/c1-25-22(27-2)17-13-12-15(14-19(17)24-25)21(26)23-18-10-6-7-11-20(18)28-16-8-4-3-5-9-16/h3-14H,1-2H3,(H,23,26). The summed E-state index contributed by atoms with van der Waals surface area (Å²) >= 11 is 0. The predicted molar refractivity (Wildman–Crippen MR) is 108 cm³/mol. The van der Waals surface area contributed by atoms with Crippen LogP contribution in [0.5, 0.6) is 17.4 Å². The first-order valence-electron chi connectivity index (χ1n) is 8.80. The zero-order valence-corrected chi connectivity index (χ0v) is 15.5. The maximum Gasteiger partial charge on any atom is 0.255 e. The Morgan fingerprint density at radius 1 is 1.00 bits per heavy atom. The van der Waals surface area contributed by atoms with Crippen LogP contribution in [0, 0.1) is 0 Å². The summed E-state index contributed by atoms with van der Waals surface area (Å²) < 4.78 is 12.9. The van der Waals surface area contributed by atoms with Crippen molar-refractivity contribution >= 4 is 22.5 Å². The van der Waals surface area contributed by atoms with Crippen molar-refractivity contribution in [3.63, 3.8) is 0 Å². The van der Waals surface area contributed by atoms with E-state index < -0.39 is 0 Å². The first kappa shape index (κ1) is 17.6. The normalized spacial score (nSPS) is 10.6. The van der Waals surface area contributed by atoms with E-state index in [9.17, 15) is 4.79 Å². The fourth-order valence-corrected chi connectivity index (χ4v) is 3.03. The van der Waals surface area contributed by atoms with Gasteiger partial charge in [0.15, 0.2) is 5.75 Å². The van der Waals surface area contributed by atoms with E-state index in [0.29, 0.717) is 34.1 Å². The second-order valence-corrected chi connectivity index (χ2v) is 6.23. The summed E-state index contributed by atoms with van der Waals surface area (Å²) in [7, 11) is 3.40. The van der Waals surface area contributed by atoms with Crippen LogP contribution in [-0.4, -0.2) is 22.8 Å². The Morgan fingerprint density at radius 3 is 2.54 bits per heavy atom. The fourth-order valence-electron chi connectivity index (χ4n) is 3.03. The van der Waals surface area contributed by atoms with Crippen LogP contribution in [0.3, 0.4) is 0 Å². The van der Waals surface area contributed by atoms with E-state index in [0.717, 1.165) is 5.39 Å². The molecule has 0 aliphatic heterocycles. The lowest BCUT2D eigenvalue weighted by Crippen LogP contribution is -2.12. The van der Waals surface area contributed by atoms with Gasteiger partial charge < -0.3 is 14.8 Å². The van der Waals surface area contributed by atoms with E-state index in [4.69, 9.17) is 9.47 Å². The van der Waals surface area contributed by atoms with Gasteiger partial charge in [0, 0.05) is 12.6 Å². The molecule has 3 aromatic carbocycles. The number of carbonyl (C=O) groups is 1. The van der Waals surface area contributed by atoms with Crippen LogP contribution < -0.4 is 14.8 Å². The van der Waals surface area contributed by atoms with Gasteiger partial charge in [0.05, 0.1) is 23.7 Å². The molecule has 0 saturated carbocycles. The van der Waals surface area contributed by atoms with Gasteiger partial charge in [-0.2, -0.15) is 5.10 Å². The molecule has 4 aromatic rings. The number of aromatic nitrogens is 2. The molecule has 140 valence electrons. The Morgan fingerprint density at radius 2 is 1.75 bits per heavy atom. The molecule has 28 heavy (non-hydrogen) atoms. The zero-order valence-electron chi connectivity index (χ0n) is 15.5. The molecule has 0 aliphatic carbocycles. The molecule has 1 N–H and O–H groups in total. The number of para-hydroxylation sites is 3. The van der Waals surface area contributed by atoms with Crippen LogP contribution in [-0.2, 0) is 7.05 Å². The van der Waals surface area contributed by atoms with E-state index in [1.807, 2.05) is 54.6 Å². The molecule has 6 nitrogen and oxygen atoms in total. The summed E-state index contributed by atoms with van der Waals surface area (Å²) in [6.07, 6.45) is 0. The van der Waals surface area contributed by atoms with Gasteiger partial charge in [-0.3, -0.25) is 4.79 Å². The van der Waals surface area contributed by atoms with Crippen molar-refractivity contribution in [1.82, 2.24) is 9.78 Å². The molecule has 0 saturated heterocycles. The van der Waals surface area contributed by atoms with Gasteiger partial charge in [-0.25, -0.2) is 4.68 Å². The number of nitrogens with one attached hydrogen (secondary N) is 1. The highest BCUT2D eigenvalue weighted by molar-refractivity contribution is 6.07. The number of ether oxygens (including phenoxy) is 2. The SMILES string of the molecule is COc1c2ccc(C(=O)Nc3ccccc3Oc3ccccc3)cc2nn1C. The maximum absolute atomic E-state index is 12.8. The molecular formula is C22H19N3O3. The van der Waals surface area contributed by atoms with Gasteiger partial charge in [0.1, 0.15) is 5.75 Å². The average molecular weight is 373 g/mol. The molecule has 0 aliphatic rings. The molecule has 0 atom stereocenters. The third-order valence-corrected chi connectivity index (χ3v) is 4.34. The van der Waals surface area contributed by atoms with Crippen molar-refractivity contribution in [3.05, 3.63) is 78.4 Å². The molecule has 0 bridgehead atoms. The summed E-state index contributed by atoms with van der Waals surface area (Å²) in [5.41, 5.74) is 1.79. The second kappa shape index (κ2) is 7.44. The van der Waals surface area contributed by atoms with E-state index >= 15 is 0 Å². The second-order valence-electron chi connectivity index (χ2n) is 6.23. The van der Waals surface area contributed by atoms with Crippen molar-refractivity contribution in [2.75, 3.05) is 12.4 Å². The lowest BCUT2D eigenvalue weighted by molar-refractivity contribution is 0.102. The first-order valence-corrected chi connectivity index (χ1v) is 8.80. The van der Waals surface area contributed by atoms with Crippen LogP contribution in [0.2, 0.25) is 0 Å². The summed E-state index contributed by atoms with van der Waals surface area (Å²) in [6.45, 7) is 0. The number of fused-ring (bicyclic) bond motifs is 1. The zero-order chi connectivity index (χ0) is 19.5. The Kier molecular flexibility index (Phi) is 4.68. The molecule has 1 amide bonds. The first-order chi connectivity index (χ1) is 13.7.